The lowest BCUT2D eigenvalue weighted by molar-refractivity contribution is 0.743. The summed E-state index contributed by atoms with van der Waals surface area (Å²) in [5, 5.41) is 0. The Morgan fingerprint density at radius 2 is 2.29 bits per heavy atom. The van der Waals surface area contributed by atoms with E-state index in [1.165, 1.54) is 12.8 Å². The molecule has 1 aliphatic rings. The number of halogens is 1. The van der Waals surface area contributed by atoms with Gasteiger partial charge < -0.3 is 0 Å². The molecule has 42 valence electrons. The molecule has 1 heteroatoms. The first-order valence-corrected chi connectivity index (χ1v) is 3.23. The molecule has 7 heavy (non-hydrogen) atoms. The Balaban J connectivity index is 2.30. The van der Waals surface area contributed by atoms with Crippen molar-refractivity contribution >= 4 is 11.6 Å². The van der Waals surface area contributed by atoms with Crippen LogP contribution in [0.5, 0.6) is 0 Å². The van der Waals surface area contributed by atoms with Crippen molar-refractivity contribution in [3.63, 3.8) is 0 Å². The maximum Gasteiger partial charge on any atom is 0.0450 e. The molecule has 2 unspecified atom stereocenters. The lowest BCUT2D eigenvalue weighted by atomic mass is 10.3. The molecule has 0 radical (unpaired) electrons. The maximum absolute atomic E-state index is 5.91. The monoisotopic (exact) mass is 118 g/mol. The van der Waals surface area contributed by atoms with Gasteiger partial charge in [-0.2, -0.15) is 0 Å². The van der Waals surface area contributed by atoms with E-state index in [2.05, 4.69) is 13.8 Å². The summed E-state index contributed by atoms with van der Waals surface area (Å²) in [6.07, 6.45) is 2.48. The fourth-order valence-corrected chi connectivity index (χ4v) is 1.33. The van der Waals surface area contributed by atoms with Crippen molar-refractivity contribution in [2.45, 2.75) is 31.6 Å². The predicted octanol–water partition coefficient (Wildman–Crippen LogP) is 2.41. The van der Waals surface area contributed by atoms with E-state index in [-0.39, 0.29) is 4.87 Å². The Bertz CT molecular complexity index is 76.2. The standard InChI is InChI=1S/C6H11Cl/c1-3-5-4-6(5,2)7/h5H,3-4H2,1-2H3. The molecule has 0 aromatic rings. The van der Waals surface area contributed by atoms with Gasteiger partial charge in [0.15, 0.2) is 0 Å². The summed E-state index contributed by atoms with van der Waals surface area (Å²) in [5.74, 6) is 0.814. The van der Waals surface area contributed by atoms with Crippen molar-refractivity contribution in [2.24, 2.45) is 5.92 Å². The van der Waals surface area contributed by atoms with Gasteiger partial charge in [-0.15, -0.1) is 11.6 Å². The van der Waals surface area contributed by atoms with Crippen LogP contribution in [-0.4, -0.2) is 4.87 Å². The molecule has 0 N–H and O–H groups in total. The van der Waals surface area contributed by atoms with E-state index in [4.69, 9.17) is 11.6 Å². The highest BCUT2D eigenvalue weighted by atomic mass is 35.5. The minimum atomic E-state index is 0.189. The molecule has 0 bridgehead atoms. The van der Waals surface area contributed by atoms with E-state index < -0.39 is 0 Å². The van der Waals surface area contributed by atoms with Gasteiger partial charge in [-0.3, -0.25) is 0 Å². The van der Waals surface area contributed by atoms with Crippen LogP contribution in [-0.2, 0) is 0 Å². The van der Waals surface area contributed by atoms with Gasteiger partial charge in [0.25, 0.3) is 0 Å². The average Bonchev–Trinajstić information content (AvgIpc) is 2.13. The van der Waals surface area contributed by atoms with Crippen molar-refractivity contribution in [1.29, 1.82) is 0 Å². The first-order valence-electron chi connectivity index (χ1n) is 2.85. The highest BCUT2D eigenvalue weighted by Crippen LogP contribution is 2.50. The Morgan fingerprint density at radius 3 is 2.29 bits per heavy atom. The highest BCUT2D eigenvalue weighted by Gasteiger charge is 2.46. The van der Waals surface area contributed by atoms with E-state index in [0.29, 0.717) is 0 Å². The number of hydrogen-bond acceptors (Lipinski definition) is 0. The van der Waals surface area contributed by atoms with Crippen LogP contribution in [0.1, 0.15) is 26.7 Å². The van der Waals surface area contributed by atoms with Crippen LogP contribution in [0.4, 0.5) is 0 Å². The Labute approximate surface area is 49.9 Å². The van der Waals surface area contributed by atoms with Crippen molar-refractivity contribution in [1.82, 2.24) is 0 Å². The van der Waals surface area contributed by atoms with Crippen molar-refractivity contribution in [3.8, 4) is 0 Å². The zero-order valence-corrected chi connectivity index (χ0v) is 5.63. The van der Waals surface area contributed by atoms with Crippen LogP contribution in [0.15, 0.2) is 0 Å². The largest absolute Gasteiger partial charge is 0.119 e. The normalized spacial score (nSPS) is 49.3. The smallest absolute Gasteiger partial charge is 0.0450 e. The molecule has 0 saturated heterocycles. The predicted molar refractivity (Wildman–Crippen MR) is 32.7 cm³/mol. The molecule has 0 aromatic heterocycles. The van der Waals surface area contributed by atoms with Crippen LogP contribution >= 0.6 is 11.6 Å². The number of rotatable bonds is 1. The summed E-state index contributed by atoms with van der Waals surface area (Å²) < 4.78 is 0. The van der Waals surface area contributed by atoms with E-state index >= 15 is 0 Å². The van der Waals surface area contributed by atoms with Crippen molar-refractivity contribution < 1.29 is 0 Å². The molecule has 1 rings (SSSR count). The summed E-state index contributed by atoms with van der Waals surface area (Å²) in [6.45, 7) is 4.31. The third-order valence-electron chi connectivity index (χ3n) is 1.83. The van der Waals surface area contributed by atoms with Gasteiger partial charge in [0.2, 0.25) is 0 Å². The van der Waals surface area contributed by atoms with Crippen LogP contribution in [0, 0.1) is 5.92 Å². The van der Waals surface area contributed by atoms with Gasteiger partial charge in [0.1, 0.15) is 0 Å². The molecule has 0 nitrogen and oxygen atoms in total. The summed E-state index contributed by atoms with van der Waals surface area (Å²) in [5.41, 5.74) is 0. The van der Waals surface area contributed by atoms with E-state index in [1.807, 2.05) is 0 Å². The quantitative estimate of drug-likeness (QED) is 0.464. The molecule has 0 heterocycles. The molecule has 2 atom stereocenters. The van der Waals surface area contributed by atoms with Gasteiger partial charge >= 0.3 is 0 Å². The van der Waals surface area contributed by atoms with Gasteiger partial charge in [0.05, 0.1) is 0 Å². The first-order chi connectivity index (χ1) is 3.17. The van der Waals surface area contributed by atoms with Crippen molar-refractivity contribution in [3.05, 3.63) is 0 Å². The first kappa shape index (κ1) is 5.43. The lowest BCUT2D eigenvalue weighted by Crippen LogP contribution is -1.90. The summed E-state index contributed by atoms with van der Waals surface area (Å²) in [4.78, 5) is 0.189. The van der Waals surface area contributed by atoms with E-state index in [1.54, 1.807) is 0 Å². The molecule has 0 aromatic carbocycles. The SMILES string of the molecule is CCC1CC1(C)Cl. The third-order valence-corrected chi connectivity index (χ3v) is 2.29. The fraction of sp³-hybridized carbons (Fsp3) is 1.00. The minimum absolute atomic E-state index is 0.189. The van der Waals surface area contributed by atoms with Crippen LogP contribution in [0.25, 0.3) is 0 Å². The zero-order chi connectivity index (χ0) is 5.49. The fourth-order valence-electron chi connectivity index (χ4n) is 0.993. The number of hydrogen-bond donors (Lipinski definition) is 0. The molecular weight excluding hydrogens is 108 g/mol. The summed E-state index contributed by atoms with van der Waals surface area (Å²) >= 11 is 5.91. The average molecular weight is 119 g/mol. The molecule has 1 fully saturated rings. The second-order valence-electron chi connectivity index (χ2n) is 2.59. The maximum atomic E-state index is 5.91. The Hall–Kier alpha value is 0.290. The molecule has 0 aliphatic heterocycles. The van der Waals surface area contributed by atoms with Crippen molar-refractivity contribution in [2.75, 3.05) is 0 Å². The Morgan fingerprint density at radius 1 is 1.86 bits per heavy atom. The lowest BCUT2D eigenvalue weighted by Gasteiger charge is -1.92. The van der Waals surface area contributed by atoms with Gasteiger partial charge in [-0.25, -0.2) is 0 Å². The molecule has 1 saturated carbocycles. The van der Waals surface area contributed by atoms with Crippen LogP contribution in [0.3, 0.4) is 0 Å². The third kappa shape index (κ3) is 0.908. The van der Waals surface area contributed by atoms with E-state index in [0.717, 1.165) is 5.92 Å². The molecule has 1 aliphatic carbocycles. The Kier molecular flexibility index (Phi) is 1.07. The zero-order valence-electron chi connectivity index (χ0n) is 4.87. The number of alkyl halides is 1. The second-order valence-corrected chi connectivity index (χ2v) is 3.45. The summed E-state index contributed by atoms with van der Waals surface area (Å²) in [7, 11) is 0. The van der Waals surface area contributed by atoms with Gasteiger partial charge in [-0.05, 0) is 19.3 Å². The molecule has 0 amide bonds. The second kappa shape index (κ2) is 1.38. The molecular formula is C6H11Cl. The van der Waals surface area contributed by atoms with Crippen LogP contribution in [0.2, 0.25) is 0 Å². The van der Waals surface area contributed by atoms with Crippen LogP contribution < -0.4 is 0 Å². The highest BCUT2D eigenvalue weighted by molar-refractivity contribution is 6.25. The summed E-state index contributed by atoms with van der Waals surface area (Å²) in [6, 6.07) is 0. The minimum Gasteiger partial charge on any atom is -0.119 e. The van der Waals surface area contributed by atoms with Gasteiger partial charge in [-0.1, -0.05) is 13.3 Å². The van der Waals surface area contributed by atoms with E-state index in [9.17, 15) is 0 Å². The van der Waals surface area contributed by atoms with Gasteiger partial charge in [0, 0.05) is 4.87 Å². The topological polar surface area (TPSA) is 0 Å². The molecule has 0 spiro atoms.